The third-order valence-electron chi connectivity index (χ3n) is 2.52. The quantitative estimate of drug-likeness (QED) is 0.666. The molecule has 0 aromatic heterocycles. The van der Waals surface area contributed by atoms with Crippen LogP contribution in [0.4, 0.5) is 0 Å². The van der Waals surface area contributed by atoms with E-state index in [-0.39, 0.29) is 0 Å². The molecule has 3 heteroatoms. The fourth-order valence-corrected chi connectivity index (χ4v) is 1.69. The molecule has 2 rings (SSSR count). The van der Waals surface area contributed by atoms with Crippen LogP contribution in [0.15, 0.2) is 29.8 Å². The van der Waals surface area contributed by atoms with Crippen molar-refractivity contribution in [2.75, 3.05) is 0 Å². The molecule has 14 heavy (non-hydrogen) atoms. The summed E-state index contributed by atoms with van der Waals surface area (Å²) in [6.45, 7) is 4.43. The van der Waals surface area contributed by atoms with Crippen molar-refractivity contribution in [2.24, 2.45) is 0 Å². The summed E-state index contributed by atoms with van der Waals surface area (Å²) < 4.78 is 0. The third kappa shape index (κ3) is 2.95. The van der Waals surface area contributed by atoms with E-state index in [2.05, 4.69) is 38.1 Å². The van der Waals surface area contributed by atoms with E-state index in [1.165, 1.54) is 22.3 Å². The number of halogens is 2. The van der Waals surface area contributed by atoms with Crippen molar-refractivity contribution in [3.05, 3.63) is 41.0 Å². The van der Waals surface area contributed by atoms with Gasteiger partial charge in [-0.2, -0.15) is 0 Å². The fraction of sp³-hybridized carbons (Fsp3) is 0.273. The first-order chi connectivity index (χ1) is 6.70. The van der Waals surface area contributed by atoms with E-state index < -0.39 is 20.8 Å². The fourth-order valence-electron chi connectivity index (χ4n) is 1.69. The Kier molecular flexibility index (Phi) is 5.45. The average Bonchev–Trinajstić information content (AvgIpc) is 2.45. The second-order valence-electron chi connectivity index (χ2n) is 3.31. The molecule has 1 aromatic rings. The van der Waals surface area contributed by atoms with Gasteiger partial charge in [-0.15, -0.1) is 0 Å². The monoisotopic (exact) mass is 304 g/mol. The Morgan fingerprint density at radius 3 is 2.29 bits per heavy atom. The summed E-state index contributed by atoms with van der Waals surface area (Å²) in [7, 11) is 9.87. The van der Waals surface area contributed by atoms with Crippen molar-refractivity contribution >= 4 is 22.6 Å². The van der Waals surface area contributed by atoms with E-state index in [0.717, 1.165) is 6.42 Å². The number of benzene rings is 1. The maximum absolute atomic E-state index is 4.93. The summed E-state index contributed by atoms with van der Waals surface area (Å²) in [4.78, 5) is 0. The van der Waals surface area contributed by atoms with Gasteiger partial charge < -0.3 is 0 Å². The molecule has 0 amide bonds. The molecular weight excluding hydrogens is 294 g/mol. The predicted octanol–water partition coefficient (Wildman–Crippen LogP) is 4.41. The van der Waals surface area contributed by atoms with E-state index in [1.807, 2.05) is 0 Å². The van der Waals surface area contributed by atoms with Crippen LogP contribution in [0.1, 0.15) is 25.0 Å². The summed E-state index contributed by atoms with van der Waals surface area (Å²) in [6, 6.07) is 8.65. The van der Waals surface area contributed by atoms with E-state index in [9.17, 15) is 0 Å². The first-order valence-corrected chi connectivity index (χ1v) is 10.7. The number of fused-ring (bicyclic) bond motifs is 1. The third-order valence-corrected chi connectivity index (χ3v) is 2.52. The topological polar surface area (TPSA) is 0 Å². The molecule has 0 saturated carbocycles. The van der Waals surface area contributed by atoms with Crippen molar-refractivity contribution in [3.8, 4) is 0 Å². The summed E-state index contributed by atoms with van der Waals surface area (Å²) >= 11 is -0.826. The summed E-state index contributed by atoms with van der Waals surface area (Å²) in [5.41, 5.74) is 5.93. The number of hydrogen-bond acceptors (Lipinski definition) is 0. The molecule has 74 valence electrons. The van der Waals surface area contributed by atoms with Gasteiger partial charge >= 0.3 is 37.9 Å². The van der Waals surface area contributed by atoms with E-state index in [1.54, 1.807) is 0 Å². The molecule has 1 aromatic carbocycles. The van der Waals surface area contributed by atoms with E-state index >= 15 is 0 Å². The molecule has 0 radical (unpaired) electrons. The van der Waals surface area contributed by atoms with Crippen LogP contribution in [0.3, 0.4) is 0 Å². The Morgan fingerprint density at radius 1 is 1.14 bits per heavy atom. The van der Waals surface area contributed by atoms with Crippen LogP contribution in [-0.4, -0.2) is 0 Å². The minimum absolute atomic E-state index is 0.826. The standard InChI is InChI=1S/C11H12.2ClH.Zr/c1-8-7-10-5-3-4-6-11(10)9(8)2;;;/h3-6H,7H2,1-2H3;2*1H;/q;;;+2/p-2. The SMILES string of the molecule is CC1=C(C)c2ccccc2C1.[Cl][Zr][Cl]. The van der Waals surface area contributed by atoms with Crippen LogP contribution >= 0.6 is 17.0 Å². The zero-order valence-corrected chi connectivity index (χ0v) is 12.2. The van der Waals surface area contributed by atoms with Gasteiger partial charge in [-0.25, -0.2) is 0 Å². The molecule has 0 fully saturated rings. The van der Waals surface area contributed by atoms with Crippen molar-refractivity contribution < 1.29 is 20.8 Å². The number of allylic oxidation sites excluding steroid dienone is 2. The zero-order valence-electron chi connectivity index (χ0n) is 8.27. The van der Waals surface area contributed by atoms with Gasteiger partial charge in [-0.3, -0.25) is 0 Å². The number of rotatable bonds is 0. The van der Waals surface area contributed by atoms with Gasteiger partial charge in [0.15, 0.2) is 0 Å². The van der Waals surface area contributed by atoms with Crippen LogP contribution in [0.5, 0.6) is 0 Å². The van der Waals surface area contributed by atoms with Crippen LogP contribution in [-0.2, 0) is 27.3 Å². The molecule has 0 heterocycles. The van der Waals surface area contributed by atoms with Crippen LogP contribution in [0.2, 0.25) is 0 Å². The molecule has 0 bridgehead atoms. The van der Waals surface area contributed by atoms with Crippen LogP contribution in [0.25, 0.3) is 5.57 Å². The maximum atomic E-state index is 4.93. The Morgan fingerprint density at radius 2 is 1.71 bits per heavy atom. The zero-order chi connectivity index (χ0) is 10.6. The predicted molar refractivity (Wildman–Crippen MR) is 60.1 cm³/mol. The normalized spacial score (nSPS) is 13.1. The van der Waals surface area contributed by atoms with E-state index in [0.29, 0.717) is 0 Å². The Labute approximate surface area is 104 Å². The van der Waals surface area contributed by atoms with Crippen molar-refractivity contribution in [3.63, 3.8) is 0 Å². The molecule has 1 aliphatic carbocycles. The minimum atomic E-state index is -0.826. The molecule has 0 saturated heterocycles. The summed E-state index contributed by atoms with van der Waals surface area (Å²) in [6.07, 6.45) is 1.15. The van der Waals surface area contributed by atoms with Gasteiger partial charge in [0.25, 0.3) is 0 Å². The Hall–Kier alpha value is 0.423. The Bertz CT molecular complexity index is 345. The summed E-state index contributed by atoms with van der Waals surface area (Å²) in [5, 5.41) is 0. The van der Waals surface area contributed by atoms with Crippen molar-refractivity contribution in [1.82, 2.24) is 0 Å². The first kappa shape index (κ1) is 12.5. The molecule has 0 N–H and O–H groups in total. The second-order valence-corrected chi connectivity index (χ2v) is 7.04. The molecule has 0 unspecified atom stereocenters. The van der Waals surface area contributed by atoms with Gasteiger partial charge in [0.1, 0.15) is 0 Å². The molecule has 1 aliphatic rings. The number of hydrogen-bond donors (Lipinski definition) is 0. The molecule has 0 spiro atoms. The molecular formula is C11H12Cl2Zr. The van der Waals surface area contributed by atoms with Crippen molar-refractivity contribution in [1.29, 1.82) is 0 Å². The van der Waals surface area contributed by atoms with Gasteiger partial charge in [0.05, 0.1) is 0 Å². The van der Waals surface area contributed by atoms with Gasteiger partial charge in [0, 0.05) is 0 Å². The van der Waals surface area contributed by atoms with Crippen LogP contribution < -0.4 is 0 Å². The van der Waals surface area contributed by atoms with Gasteiger partial charge in [-0.1, -0.05) is 29.8 Å². The van der Waals surface area contributed by atoms with Gasteiger partial charge in [-0.05, 0) is 37.0 Å². The van der Waals surface area contributed by atoms with E-state index in [4.69, 9.17) is 17.0 Å². The Balaban J connectivity index is 0.000000293. The molecule has 0 atom stereocenters. The first-order valence-electron chi connectivity index (χ1n) is 4.41. The van der Waals surface area contributed by atoms with Crippen molar-refractivity contribution in [2.45, 2.75) is 20.3 Å². The molecule has 0 aliphatic heterocycles. The van der Waals surface area contributed by atoms with Gasteiger partial charge in [0.2, 0.25) is 0 Å². The molecule has 0 nitrogen and oxygen atoms in total. The summed E-state index contributed by atoms with van der Waals surface area (Å²) in [5.74, 6) is 0. The van der Waals surface area contributed by atoms with Crippen LogP contribution in [0, 0.1) is 0 Å². The second kappa shape index (κ2) is 6.10. The average molecular weight is 306 g/mol.